The molecule has 3 N–H and O–H groups in total. The summed E-state index contributed by atoms with van der Waals surface area (Å²) in [6, 6.07) is 7.49. The summed E-state index contributed by atoms with van der Waals surface area (Å²) in [6.45, 7) is 0. The van der Waals surface area contributed by atoms with Crippen LogP contribution in [0.15, 0.2) is 55.1 Å². The number of carbonyl (C=O) groups is 2. The molecule has 2 amide bonds. The number of anilines is 3. The van der Waals surface area contributed by atoms with Gasteiger partial charge in [0.1, 0.15) is 11.9 Å². The Bertz CT molecular complexity index is 1130. The van der Waals surface area contributed by atoms with Gasteiger partial charge in [-0.05, 0) is 30.5 Å². The molecule has 0 saturated heterocycles. The van der Waals surface area contributed by atoms with Crippen LogP contribution in [0, 0.1) is 11.7 Å². The van der Waals surface area contributed by atoms with Gasteiger partial charge in [-0.25, -0.2) is 4.39 Å². The summed E-state index contributed by atoms with van der Waals surface area (Å²) in [5.41, 5.74) is 2.07. The van der Waals surface area contributed by atoms with E-state index in [0.29, 0.717) is 35.0 Å². The Hall–Kier alpha value is -3.75. The van der Waals surface area contributed by atoms with Crippen LogP contribution in [-0.2, 0) is 11.8 Å². The predicted octanol–water partition coefficient (Wildman–Crippen LogP) is 4.02. The lowest BCUT2D eigenvalue weighted by Gasteiger charge is -2.21. The highest BCUT2D eigenvalue weighted by molar-refractivity contribution is 6.01. The third kappa shape index (κ3) is 6.15. The second-order valence-corrected chi connectivity index (χ2v) is 8.40. The van der Waals surface area contributed by atoms with Crippen molar-refractivity contribution in [2.45, 2.75) is 38.1 Å². The number of rotatable bonds is 8. The molecule has 0 bridgehead atoms. The van der Waals surface area contributed by atoms with E-state index in [4.69, 9.17) is 0 Å². The number of nitrogens with zero attached hydrogens (tertiary/aromatic N) is 3. The zero-order valence-corrected chi connectivity index (χ0v) is 18.4. The number of benzene rings is 1. The van der Waals surface area contributed by atoms with E-state index in [1.54, 1.807) is 48.4 Å². The minimum atomic E-state index is -0.662. The van der Waals surface area contributed by atoms with Gasteiger partial charge in [-0.1, -0.05) is 31.7 Å². The Morgan fingerprint density at radius 2 is 1.94 bits per heavy atom. The van der Waals surface area contributed by atoms with Gasteiger partial charge in [0.2, 0.25) is 5.91 Å². The average molecular weight is 451 g/mol. The number of carbonyl (C=O) groups excluding carboxylic acids is 2. The molecule has 2 aromatic heterocycles. The topological polar surface area (TPSA) is 101 Å². The summed E-state index contributed by atoms with van der Waals surface area (Å²) in [6.07, 6.45) is 10.9. The third-order valence-corrected chi connectivity index (χ3v) is 5.76. The summed E-state index contributed by atoms with van der Waals surface area (Å²) in [5, 5.41) is 12.9. The van der Waals surface area contributed by atoms with Crippen molar-refractivity contribution >= 4 is 28.9 Å². The number of halogens is 1. The number of pyridine rings is 1. The van der Waals surface area contributed by atoms with E-state index in [9.17, 15) is 14.0 Å². The van der Waals surface area contributed by atoms with E-state index in [1.807, 2.05) is 0 Å². The molecule has 1 aliphatic carbocycles. The Labute approximate surface area is 191 Å². The van der Waals surface area contributed by atoms with Gasteiger partial charge in [0, 0.05) is 30.6 Å². The maximum atomic E-state index is 13.4. The van der Waals surface area contributed by atoms with Gasteiger partial charge >= 0.3 is 0 Å². The number of aryl methyl sites for hydroxylation is 1. The van der Waals surface area contributed by atoms with Crippen molar-refractivity contribution in [1.82, 2.24) is 20.1 Å². The minimum absolute atomic E-state index is 0.261. The van der Waals surface area contributed by atoms with Crippen LogP contribution in [0.3, 0.4) is 0 Å². The molecule has 9 heteroatoms. The van der Waals surface area contributed by atoms with Crippen LogP contribution >= 0.6 is 0 Å². The zero-order chi connectivity index (χ0) is 23.2. The largest absolute Gasteiger partial charge is 0.354 e. The lowest BCUT2D eigenvalue weighted by molar-refractivity contribution is -0.118. The van der Waals surface area contributed by atoms with E-state index in [2.05, 4.69) is 26.0 Å². The molecule has 0 unspecified atom stereocenters. The van der Waals surface area contributed by atoms with Crippen LogP contribution in [0.25, 0.3) is 0 Å². The van der Waals surface area contributed by atoms with E-state index in [-0.39, 0.29) is 11.8 Å². The quantitative estimate of drug-likeness (QED) is 0.481. The predicted molar refractivity (Wildman–Crippen MR) is 124 cm³/mol. The Morgan fingerprint density at radius 3 is 2.67 bits per heavy atom. The summed E-state index contributed by atoms with van der Waals surface area (Å²) >= 11 is 0. The molecule has 8 nitrogen and oxygen atoms in total. The highest BCUT2D eigenvalue weighted by atomic mass is 19.1. The van der Waals surface area contributed by atoms with E-state index in [0.717, 1.165) is 31.9 Å². The van der Waals surface area contributed by atoms with Gasteiger partial charge in [0.05, 0.1) is 30.0 Å². The fourth-order valence-corrected chi connectivity index (χ4v) is 4.15. The lowest BCUT2D eigenvalue weighted by Crippen LogP contribution is -2.44. The first-order valence-electron chi connectivity index (χ1n) is 11.0. The monoisotopic (exact) mass is 450 g/mol. The summed E-state index contributed by atoms with van der Waals surface area (Å²) in [5.74, 6) is -0.657. The van der Waals surface area contributed by atoms with Crippen LogP contribution in [0.5, 0.6) is 0 Å². The normalized spacial score (nSPS) is 14.6. The molecule has 1 atom stereocenters. The third-order valence-electron chi connectivity index (χ3n) is 5.76. The van der Waals surface area contributed by atoms with Crippen molar-refractivity contribution in [3.63, 3.8) is 0 Å². The highest BCUT2D eigenvalue weighted by Crippen LogP contribution is 2.29. The molecule has 33 heavy (non-hydrogen) atoms. The van der Waals surface area contributed by atoms with Crippen molar-refractivity contribution in [1.29, 1.82) is 0 Å². The maximum absolute atomic E-state index is 13.4. The van der Waals surface area contributed by atoms with Crippen molar-refractivity contribution < 1.29 is 14.0 Å². The van der Waals surface area contributed by atoms with E-state index >= 15 is 0 Å². The highest BCUT2D eigenvalue weighted by Gasteiger charge is 2.27. The summed E-state index contributed by atoms with van der Waals surface area (Å²) in [4.78, 5) is 29.9. The fraction of sp³-hybridized carbons (Fsp3) is 0.333. The molecule has 1 fully saturated rings. The first kappa shape index (κ1) is 22.4. The van der Waals surface area contributed by atoms with Crippen LogP contribution in [0.4, 0.5) is 21.5 Å². The van der Waals surface area contributed by atoms with E-state index in [1.165, 1.54) is 12.3 Å². The number of hydrogen-bond acceptors (Lipinski definition) is 5. The second-order valence-electron chi connectivity index (χ2n) is 8.40. The molecule has 1 aliphatic rings. The molecule has 3 aromatic rings. The summed E-state index contributed by atoms with van der Waals surface area (Å²) < 4.78 is 15.0. The molecule has 2 heterocycles. The van der Waals surface area contributed by atoms with Gasteiger partial charge in [-0.3, -0.25) is 19.3 Å². The average Bonchev–Trinajstić information content (AvgIpc) is 3.45. The van der Waals surface area contributed by atoms with Gasteiger partial charge in [-0.15, -0.1) is 0 Å². The first-order chi connectivity index (χ1) is 16.0. The van der Waals surface area contributed by atoms with Gasteiger partial charge < -0.3 is 16.0 Å². The minimum Gasteiger partial charge on any atom is -0.354 e. The first-order valence-corrected chi connectivity index (χ1v) is 11.0. The molecule has 0 spiro atoms. The van der Waals surface area contributed by atoms with Crippen LogP contribution in [0.1, 0.15) is 42.5 Å². The van der Waals surface area contributed by atoms with Crippen LogP contribution in [-0.4, -0.2) is 32.6 Å². The molecule has 0 aliphatic heterocycles. The maximum Gasteiger partial charge on any atom is 0.252 e. The standard InChI is InChI=1S/C24H27FN6O2/c1-31-15-21(14-27-31)29-24(33)22(9-16-5-2-3-6-16)30-23(32)17-7-4-8-19(10-17)28-20-11-18(25)12-26-13-20/h4,7-8,10-16,22,28H,2-3,5-6,9H2,1H3,(H,29,33)(H,30,32)/t22-/m0/s1. The molecule has 0 radical (unpaired) electrons. The van der Waals surface area contributed by atoms with Crippen molar-refractivity contribution in [2.75, 3.05) is 10.6 Å². The zero-order valence-electron chi connectivity index (χ0n) is 18.4. The summed E-state index contributed by atoms with van der Waals surface area (Å²) in [7, 11) is 1.77. The molecule has 1 aromatic carbocycles. The Morgan fingerprint density at radius 1 is 1.12 bits per heavy atom. The van der Waals surface area contributed by atoms with Crippen molar-refractivity contribution in [3.05, 3.63) is 66.5 Å². The lowest BCUT2D eigenvalue weighted by atomic mass is 9.97. The van der Waals surface area contributed by atoms with Gasteiger partial charge in [0.25, 0.3) is 5.91 Å². The molecule has 1 saturated carbocycles. The number of amides is 2. The molecule has 4 rings (SSSR count). The smallest absolute Gasteiger partial charge is 0.252 e. The SMILES string of the molecule is Cn1cc(NC(=O)[C@H](CC2CCCC2)NC(=O)c2cccc(Nc3cncc(F)c3)c2)cn1. The van der Waals surface area contributed by atoms with Gasteiger partial charge in [-0.2, -0.15) is 5.10 Å². The fourth-order valence-electron chi connectivity index (χ4n) is 4.15. The second kappa shape index (κ2) is 10.2. The Balaban J connectivity index is 1.46. The van der Waals surface area contributed by atoms with Crippen molar-refractivity contribution in [2.24, 2.45) is 13.0 Å². The van der Waals surface area contributed by atoms with E-state index < -0.39 is 11.9 Å². The number of nitrogens with one attached hydrogen (secondary N) is 3. The Kier molecular flexibility index (Phi) is 6.97. The molecular weight excluding hydrogens is 423 g/mol. The van der Waals surface area contributed by atoms with Crippen molar-refractivity contribution in [3.8, 4) is 0 Å². The molecular formula is C24H27FN6O2. The van der Waals surface area contributed by atoms with Gasteiger partial charge in [0.15, 0.2) is 0 Å². The van der Waals surface area contributed by atoms with Crippen LogP contribution in [0.2, 0.25) is 0 Å². The van der Waals surface area contributed by atoms with Crippen LogP contribution < -0.4 is 16.0 Å². The number of hydrogen-bond donors (Lipinski definition) is 3. The molecule has 172 valence electrons. The number of aromatic nitrogens is 3.